The minimum absolute atomic E-state index is 0.0399. The van der Waals surface area contributed by atoms with Gasteiger partial charge in [0.15, 0.2) is 0 Å². The van der Waals surface area contributed by atoms with Crippen LogP contribution in [0.3, 0.4) is 0 Å². The van der Waals surface area contributed by atoms with E-state index in [4.69, 9.17) is 4.74 Å². The standard InChI is InChI=1S/C25H42N4O4S/c1-26-17-21(16-19-8-4-3-5-9-19)28-24(30)29-13-6-10-20(18-29)23(22-11-7-15-34-22)33-14-12-27-25(31)32-2/h7,11,15,19-21,23,26H,3-6,8-10,12-14,16-18H2,1-2H3,(H,27,31)(H,28,30)/t20-,21+,23-/m1/s1. The SMILES string of the molecule is CNC[C@H](CC1CCCCC1)NC(=O)N1CCC[C@@H]([C@@H](OCCNC(=O)OC)c2cccs2)C1. The third-order valence-corrected chi connectivity index (χ3v) is 7.91. The van der Waals surface area contributed by atoms with E-state index in [1.807, 2.05) is 18.0 Å². The van der Waals surface area contributed by atoms with Crippen LogP contribution in [0.2, 0.25) is 0 Å². The molecule has 34 heavy (non-hydrogen) atoms. The summed E-state index contributed by atoms with van der Waals surface area (Å²) in [5.74, 6) is 0.939. The molecule has 9 heteroatoms. The molecule has 0 spiro atoms. The van der Waals surface area contributed by atoms with Crippen LogP contribution in [0.15, 0.2) is 17.5 Å². The normalized spacial score (nSPS) is 21.0. The Balaban J connectivity index is 1.55. The second-order valence-corrected chi connectivity index (χ2v) is 10.5. The minimum Gasteiger partial charge on any atom is -0.453 e. The van der Waals surface area contributed by atoms with Gasteiger partial charge in [0.2, 0.25) is 0 Å². The summed E-state index contributed by atoms with van der Waals surface area (Å²) < 4.78 is 10.9. The molecule has 192 valence electrons. The van der Waals surface area contributed by atoms with Gasteiger partial charge in [-0.15, -0.1) is 11.3 Å². The van der Waals surface area contributed by atoms with E-state index in [1.165, 1.54) is 39.2 Å². The summed E-state index contributed by atoms with van der Waals surface area (Å²) in [4.78, 5) is 27.7. The van der Waals surface area contributed by atoms with E-state index in [-0.39, 0.29) is 24.1 Å². The highest BCUT2D eigenvalue weighted by Gasteiger charge is 2.32. The van der Waals surface area contributed by atoms with Gasteiger partial charge in [-0.3, -0.25) is 0 Å². The molecule has 3 rings (SSSR count). The number of carbonyl (C=O) groups is 2. The van der Waals surface area contributed by atoms with E-state index >= 15 is 0 Å². The van der Waals surface area contributed by atoms with Crippen LogP contribution in [0.25, 0.3) is 0 Å². The van der Waals surface area contributed by atoms with Crippen molar-refractivity contribution in [2.75, 3.05) is 46.9 Å². The number of likely N-dealkylation sites (tertiary alicyclic amines) is 1. The van der Waals surface area contributed by atoms with E-state index in [2.05, 4.69) is 32.1 Å². The molecule has 8 nitrogen and oxygen atoms in total. The Morgan fingerprint density at radius 3 is 2.74 bits per heavy atom. The highest BCUT2D eigenvalue weighted by atomic mass is 32.1. The molecule has 2 fully saturated rings. The van der Waals surface area contributed by atoms with E-state index in [0.29, 0.717) is 19.7 Å². The maximum absolute atomic E-state index is 13.2. The fourth-order valence-corrected chi connectivity index (χ4v) is 6.15. The molecule has 0 aromatic carbocycles. The monoisotopic (exact) mass is 494 g/mol. The number of alkyl carbamates (subject to hydrolysis) is 1. The fraction of sp³-hybridized carbons (Fsp3) is 0.760. The van der Waals surface area contributed by atoms with Gasteiger partial charge in [-0.05, 0) is 43.7 Å². The summed E-state index contributed by atoms with van der Waals surface area (Å²) in [6, 6.07) is 4.33. The average Bonchev–Trinajstić information content (AvgIpc) is 3.39. The number of hydrogen-bond donors (Lipinski definition) is 3. The van der Waals surface area contributed by atoms with E-state index < -0.39 is 6.09 Å². The summed E-state index contributed by atoms with van der Waals surface area (Å²) in [6.45, 7) is 3.03. The van der Waals surface area contributed by atoms with Crippen LogP contribution in [0, 0.1) is 11.8 Å². The quantitative estimate of drug-likeness (QED) is 0.402. The third-order valence-electron chi connectivity index (χ3n) is 6.97. The van der Waals surface area contributed by atoms with Gasteiger partial charge in [-0.1, -0.05) is 38.2 Å². The molecule has 2 heterocycles. The second kappa shape index (κ2) is 14.5. The number of carbonyl (C=O) groups excluding carboxylic acids is 2. The Labute approximate surface area is 208 Å². The lowest BCUT2D eigenvalue weighted by Crippen LogP contribution is -2.52. The highest BCUT2D eigenvalue weighted by Crippen LogP contribution is 2.35. The van der Waals surface area contributed by atoms with Gasteiger partial charge in [0.25, 0.3) is 0 Å². The summed E-state index contributed by atoms with van der Waals surface area (Å²) in [6.07, 6.45) is 9.03. The number of hydrogen-bond acceptors (Lipinski definition) is 6. The lowest BCUT2D eigenvalue weighted by atomic mass is 9.85. The summed E-state index contributed by atoms with van der Waals surface area (Å²) >= 11 is 1.68. The van der Waals surface area contributed by atoms with E-state index in [0.717, 1.165) is 43.1 Å². The predicted octanol–water partition coefficient (Wildman–Crippen LogP) is 4.14. The first-order chi connectivity index (χ1) is 16.6. The topological polar surface area (TPSA) is 91.9 Å². The van der Waals surface area contributed by atoms with Crippen molar-refractivity contribution in [3.63, 3.8) is 0 Å². The molecule has 0 radical (unpaired) electrons. The Hall–Kier alpha value is -1.84. The van der Waals surface area contributed by atoms with Crippen molar-refractivity contribution >= 4 is 23.5 Å². The molecular formula is C25H42N4O4S. The van der Waals surface area contributed by atoms with Crippen molar-refractivity contribution < 1.29 is 19.1 Å². The van der Waals surface area contributed by atoms with Crippen molar-refractivity contribution in [3.05, 3.63) is 22.4 Å². The number of nitrogens with one attached hydrogen (secondary N) is 3. The Morgan fingerprint density at radius 2 is 2.03 bits per heavy atom. The lowest BCUT2D eigenvalue weighted by molar-refractivity contribution is -0.00651. The molecular weight excluding hydrogens is 452 g/mol. The van der Waals surface area contributed by atoms with Crippen molar-refractivity contribution in [3.8, 4) is 0 Å². The zero-order valence-corrected chi connectivity index (χ0v) is 21.5. The van der Waals surface area contributed by atoms with E-state index in [9.17, 15) is 9.59 Å². The minimum atomic E-state index is -0.457. The van der Waals surface area contributed by atoms with Gasteiger partial charge in [0.05, 0.1) is 19.8 Å². The molecule has 1 saturated heterocycles. The number of rotatable bonds is 11. The molecule has 1 saturated carbocycles. The molecule has 3 amide bonds. The number of piperidine rings is 1. The first-order valence-electron chi connectivity index (χ1n) is 12.8. The molecule has 3 N–H and O–H groups in total. The van der Waals surface area contributed by atoms with Crippen molar-refractivity contribution in [2.24, 2.45) is 11.8 Å². The van der Waals surface area contributed by atoms with Crippen LogP contribution in [0.1, 0.15) is 62.3 Å². The molecule has 1 aliphatic heterocycles. The smallest absolute Gasteiger partial charge is 0.406 e. The van der Waals surface area contributed by atoms with E-state index in [1.54, 1.807) is 11.3 Å². The van der Waals surface area contributed by atoms with Crippen LogP contribution in [0.5, 0.6) is 0 Å². The summed E-state index contributed by atoms with van der Waals surface area (Å²) in [7, 11) is 3.30. The third kappa shape index (κ3) is 8.43. The number of thiophene rings is 1. The molecule has 0 unspecified atom stereocenters. The Bertz CT molecular complexity index is 727. The van der Waals surface area contributed by atoms with Gasteiger partial charge in [-0.2, -0.15) is 0 Å². The first-order valence-corrected chi connectivity index (χ1v) is 13.7. The molecule has 1 aromatic heterocycles. The van der Waals surface area contributed by atoms with Crippen LogP contribution >= 0.6 is 11.3 Å². The Morgan fingerprint density at radius 1 is 1.21 bits per heavy atom. The number of methoxy groups -OCH3 is 1. The maximum Gasteiger partial charge on any atom is 0.406 e. The zero-order chi connectivity index (χ0) is 24.2. The second-order valence-electron chi connectivity index (χ2n) is 9.52. The molecule has 1 aromatic rings. The van der Waals surface area contributed by atoms with Crippen molar-refractivity contribution in [1.29, 1.82) is 0 Å². The number of amides is 3. The van der Waals surface area contributed by atoms with Crippen LogP contribution in [0.4, 0.5) is 9.59 Å². The van der Waals surface area contributed by atoms with Gasteiger partial charge in [0.1, 0.15) is 0 Å². The van der Waals surface area contributed by atoms with Crippen LogP contribution in [-0.2, 0) is 9.47 Å². The largest absolute Gasteiger partial charge is 0.453 e. The molecule has 2 aliphatic rings. The van der Waals surface area contributed by atoms with Crippen LogP contribution < -0.4 is 16.0 Å². The van der Waals surface area contributed by atoms with Crippen molar-refractivity contribution in [2.45, 2.75) is 63.5 Å². The predicted molar refractivity (Wildman–Crippen MR) is 135 cm³/mol. The van der Waals surface area contributed by atoms with Gasteiger partial charge in [0, 0.05) is 43.0 Å². The fourth-order valence-electron chi connectivity index (χ4n) is 5.29. The molecule has 3 atom stereocenters. The lowest BCUT2D eigenvalue weighted by Gasteiger charge is -2.37. The zero-order valence-electron chi connectivity index (χ0n) is 20.7. The average molecular weight is 495 g/mol. The van der Waals surface area contributed by atoms with Crippen molar-refractivity contribution in [1.82, 2.24) is 20.9 Å². The maximum atomic E-state index is 13.2. The molecule has 0 bridgehead atoms. The van der Waals surface area contributed by atoms with Crippen LogP contribution in [-0.4, -0.2) is 70.0 Å². The molecule has 1 aliphatic carbocycles. The van der Waals surface area contributed by atoms with Gasteiger partial charge >= 0.3 is 12.1 Å². The Kier molecular flexibility index (Phi) is 11.4. The number of ether oxygens (including phenoxy) is 2. The van der Waals surface area contributed by atoms with Gasteiger partial charge in [-0.25, -0.2) is 9.59 Å². The highest BCUT2D eigenvalue weighted by molar-refractivity contribution is 7.10. The first kappa shape index (κ1) is 26.8. The number of urea groups is 1. The number of nitrogens with zero attached hydrogens (tertiary/aromatic N) is 1. The summed E-state index contributed by atoms with van der Waals surface area (Å²) in [5.41, 5.74) is 0. The number of likely N-dealkylation sites (N-methyl/N-ethyl adjacent to an activating group) is 1. The summed E-state index contributed by atoms with van der Waals surface area (Å²) in [5, 5.41) is 11.3. The van der Waals surface area contributed by atoms with Gasteiger partial charge < -0.3 is 30.3 Å².